The van der Waals surface area contributed by atoms with Crippen molar-refractivity contribution in [2.75, 3.05) is 0 Å². The molecule has 2 rings (SSSR count). The van der Waals surface area contributed by atoms with Gasteiger partial charge in [0.1, 0.15) is 5.75 Å². The van der Waals surface area contributed by atoms with Crippen molar-refractivity contribution in [3.05, 3.63) is 43.1 Å². The van der Waals surface area contributed by atoms with Crippen molar-refractivity contribution < 1.29 is 4.74 Å². The average molecular weight is 456 g/mol. The van der Waals surface area contributed by atoms with Crippen LogP contribution in [-0.2, 0) is 0 Å². The molecule has 0 saturated heterocycles. The Morgan fingerprint density at radius 2 is 1.81 bits per heavy atom. The van der Waals surface area contributed by atoms with E-state index >= 15 is 0 Å². The number of hydrogen-bond acceptors (Lipinski definition) is 3. The first kappa shape index (κ1) is 12.3. The summed E-state index contributed by atoms with van der Waals surface area (Å²) in [5.41, 5.74) is 0. The van der Waals surface area contributed by atoms with Gasteiger partial charge in [0.25, 0.3) is 0 Å². The van der Waals surface area contributed by atoms with Crippen LogP contribution in [0.3, 0.4) is 0 Å². The van der Waals surface area contributed by atoms with E-state index in [1.165, 1.54) is 0 Å². The highest BCUT2D eigenvalue weighted by molar-refractivity contribution is 14.1. The van der Waals surface area contributed by atoms with Crippen LogP contribution in [0.25, 0.3) is 0 Å². The molecular formula is C10H5Br2IN2O. The lowest BCUT2D eigenvalue weighted by atomic mass is 10.3. The van der Waals surface area contributed by atoms with Crippen LogP contribution < -0.4 is 4.74 Å². The molecule has 0 aliphatic rings. The fraction of sp³-hybridized carbons (Fsp3) is 0. The number of nitrogens with zero attached hydrogens (tertiary/aromatic N) is 2. The zero-order valence-corrected chi connectivity index (χ0v) is 13.2. The summed E-state index contributed by atoms with van der Waals surface area (Å²) < 4.78 is 8.33. The van der Waals surface area contributed by atoms with E-state index in [9.17, 15) is 0 Å². The molecule has 1 heterocycles. The molecule has 1 aromatic heterocycles. The monoisotopic (exact) mass is 454 g/mol. The molecular weight excluding hydrogens is 451 g/mol. The second-order valence-corrected chi connectivity index (χ2v) is 5.88. The van der Waals surface area contributed by atoms with Gasteiger partial charge in [-0.25, -0.2) is 9.97 Å². The van der Waals surface area contributed by atoms with Gasteiger partial charge in [-0.3, -0.25) is 0 Å². The van der Waals surface area contributed by atoms with Gasteiger partial charge < -0.3 is 4.74 Å². The van der Waals surface area contributed by atoms with Crippen LogP contribution in [0.2, 0.25) is 0 Å². The van der Waals surface area contributed by atoms with Crippen molar-refractivity contribution in [3.63, 3.8) is 0 Å². The van der Waals surface area contributed by atoms with Crippen LogP contribution in [0, 0.1) is 3.57 Å². The molecule has 0 aliphatic heterocycles. The highest BCUT2D eigenvalue weighted by Crippen LogP contribution is 2.30. The molecule has 1 aromatic carbocycles. The van der Waals surface area contributed by atoms with Crippen molar-refractivity contribution >= 4 is 54.5 Å². The highest BCUT2D eigenvalue weighted by Gasteiger charge is 2.04. The van der Waals surface area contributed by atoms with Gasteiger partial charge in [-0.2, -0.15) is 0 Å². The first-order valence-corrected chi connectivity index (χ1v) is 6.92. The Labute approximate surface area is 123 Å². The number of ether oxygens (including phenoxy) is 1. The molecule has 0 fully saturated rings. The van der Waals surface area contributed by atoms with Crippen LogP contribution in [0.15, 0.2) is 39.5 Å². The predicted molar refractivity (Wildman–Crippen MR) is 76.7 cm³/mol. The zero-order valence-electron chi connectivity index (χ0n) is 7.82. The third-order valence-electron chi connectivity index (χ3n) is 1.69. The zero-order chi connectivity index (χ0) is 11.5. The molecule has 2 aromatic rings. The molecule has 82 valence electrons. The number of hydrogen-bond donors (Lipinski definition) is 0. The summed E-state index contributed by atoms with van der Waals surface area (Å²) in [6.07, 6.45) is 3.41. The van der Waals surface area contributed by atoms with Crippen molar-refractivity contribution in [1.29, 1.82) is 0 Å². The molecule has 0 amide bonds. The molecule has 0 radical (unpaired) electrons. The lowest BCUT2D eigenvalue weighted by Gasteiger charge is -2.05. The van der Waals surface area contributed by atoms with E-state index in [-0.39, 0.29) is 0 Å². The lowest BCUT2D eigenvalue weighted by molar-refractivity contribution is 0.438. The van der Waals surface area contributed by atoms with Crippen molar-refractivity contribution in [2.45, 2.75) is 0 Å². The lowest BCUT2D eigenvalue weighted by Crippen LogP contribution is -1.92. The Hall–Kier alpha value is -0.210. The Morgan fingerprint density at radius 1 is 1.12 bits per heavy atom. The first-order chi connectivity index (χ1) is 7.65. The standard InChI is InChI=1S/C10H5Br2IN2O/c11-6-1-2-9(8(12)3-6)16-10-14-4-7(13)5-15-10/h1-5H. The van der Waals surface area contributed by atoms with Crippen molar-refractivity contribution in [1.82, 2.24) is 9.97 Å². The molecule has 0 unspecified atom stereocenters. The number of benzene rings is 1. The van der Waals surface area contributed by atoms with Gasteiger partial charge in [-0.1, -0.05) is 15.9 Å². The predicted octanol–water partition coefficient (Wildman–Crippen LogP) is 4.40. The van der Waals surface area contributed by atoms with Crippen LogP contribution in [-0.4, -0.2) is 9.97 Å². The second kappa shape index (κ2) is 5.42. The van der Waals surface area contributed by atoms with E-state index in [1.807, 2.05) is 18.2 Å². The highest BCUT2D eigenvalue weighted by atomic mass is 127. The number of rotatable bonds is 2. The molecule has 0 saturated carbocycles. The number of aromatic nitrogens is 2. The van der Waals surface area contributed by atoms with Gasteiger partial charge >= 0.3 is 6.01 Å². The summed E-state index contributed by atoms with van der Waals surface area (Å²) in [4.78, 5) is 8.13. The smallest absolute Gasteiger partial charge is 0.321 e. The maximum absolute atomic E-state index is 5.53. The van der Waals surface area contributed by atoms with Gasteiger partial charge in [0.2, 0.25) is 0 Å². The summed E-state index contributed by atoms with van der Waals surface area (Å²) in [5.74, 6) is 0.685. The third kappa shape index (κ3) is 3.14. The number of halogens is 3. The van der Waals surface area contributed by atoms with Crippen LogP contribution >= 0.6 is 54.5 Å². The van der Waals surface area contributed by atoms with E-state index in [0.29, 0.717) is 11.8 Å². The maximum atomic E-state index is 5.53. The van der Waals surface area contributed by atoms with Crippen molar-refractivity contribution in [2.24, 2.45) is 0 Å². The van der Waals surface area contributed by atoms with Crippen molar-refractivity contribution in [3.8, 4) is 11.8 Å². The SMILES string of the molecule is Brc1ccc(Oc2ncc(I)cn2)c(Br)c1. The normalized spacial score (nSPS) is 10.2. The average Bonchev–Trinajstić information content (AvgIpc) is 2.25. The van der Waals surface area contributed by atoms with Crippen LogP contribution in [0.5, 0.6) is 11.8 Å². The molecule has 3 nitrogen and oxygen atoms in total. The Morgan fingerprint density at radius 3 is 2.44 bits per heavy atom. The minimum Gasteiger partial charge on any atom is -0.423 e. The topological polar surface area (TPSA) is 35.0 Å². The molecule has 0 aliphatic carbocycles. The maximum Gasteiger partial charge on any atom is 0.321 e. The quantitative estimate of drug-likeness (QED) is 0.630. The van der Waals surface area contributed by atoms with Crippen LogP contribution in [0.4, 0.5) is 0 Å². The van der Waals surface area contributed by atoms with Gasteiger partial charge in [-0.15, -0.1) is 0 Å². The van der Waals surface area contributed by atoms with Crippen LogP contribution in [0.1, 0.15) is 0 Å². The Bertz CT molecular complexity index is 505. The van der Waals surface area contributed by atoms with E-state index in [2.05, 4.69) is 64.4 Å². The summed E-state index contributed by atoms with van der Waals surface area (Å²) >= 11 is 8.92. The Balaban J connectivity index is 2.23. The van der Waals surface area contributed by atoms with E-state index in [0.717, 1.165) is 12.5 Å². The summed E-state index contributed by atoms with van der Waals surface area (Å²) in [5, 5.41) is 0. The molecule has 0 atom stereocenters. The Kier molecular flexibility index (Phi) is 4.15. The van der Waals surface area contributed by atoms with E-state index < -0.39 is 0 Å². The fourth-order valence-corrected chi connectivity index (χ4v) is 2.42. The largest absolute Gasteiger partial charge is 0.423 e. The van der Waals surface area contributed by atoms with Gasteiger partial charge in [0.15, 0.2) is 0 Å². The van der Waals surface area contributed by atoms with Gasteiger partial charge in [0, 0.05) is 20.4 Å². The molecule has 6 heteroatoms. The van der Waals surface area contributed by atoms with E-state index in [1.54, 1.807) is 12.4 Å². The van der Waals surface area contributed by atoms with Gasteiger partial charge in [0.05, 0.1) is 4.47 Å². The fourth-order valence-electron chi connectivity index (χ4n) is 1.01. The third-order valence-corrected chi connectivity index (χ3v) is 3.36. The second-order valence-electron chi connectivity index (χ2n) is 2.86. The first-order valence-electron chi connectivity index (χ1n) is 4.25. The molecule has 0 bridgehead atoms. The minimum absolute atomic E-state index is 0.337. The summed E-state index contributed by atoms with van der Waals surface area (Å²) in [6.45, 7) is 0. The van der Waals surface area contributed by atoms with Gasteiger partial charge in [-0.05, 0) is 56.7 Å². The molecule has 16 heavy (non-hydrogen) atoms. The summed E-state index contributed by atoms with van der Waals surface area (Å²) in [7, 11) is 0. The molecule has 0 spiro atoms. The minimum atomic E-state index is 0.337. The molecule has 0 N–H and O–H groups in total. The summed E-state index contributed by atoms with van der Waals surface area (Å²) in [6, 6.07) is 5.98. The van der Waals surface area contributed by atoms with E-state index in [4.69, 9.17) is 4.74 Å².